The Balaban J connectivity index is 1.54. The van der Waals surface area contributed by atoms with Gasteiger partial charge in [-0.25, -0.2) is 0 Å². The number of hydrogen-bond donors (Lipinski definition) is 0. The Hall–Kier alpha value is -6.58. The van der Waals surface area contributed by atoms with Crippen LogP contribution in [0.5, 0.6) is 0 Å². The fraction of sp³-hybridized carbons (Fsp3) is 0.0256. The van der Waals surface area contributed by atoms with E-state index in [2.05, 4.69) is 383 Å². The van der Waals surface area contributed by atoms with E-state index in [-0.39, 0.29) is 0 Å². The van der Waals surface area contributed by atoms with Crippen molar-refractivity contribution in [2.24, 2.45) is 0 Å². The first kappa shape index (κ1) is 59.1. The van der Waals surface area contributed by atoms with Gasteiger partial charge in [0, 0.05) is 28.5 Å². The molecule has 14 rings (SSSR count). The molecule has 12 aromatic carbocycles. The predicted molar refractivity (Wildman–Crippen MR) is 403 cm³/mol. The highest BCUT2D eigenvalue weighted by Crippen LogP contribution is 2.99. The molecule has 1 aromatic heterocycles. The lowest BCUT2D eigenvalue weighted by Gasteiger charge is -2.35. The van der Waals surface area contributed by atoms with Crippen molar-refractivity contribution in [3.63, 3.8) is 0 Å². The minimum Gasteiger partial charge on any atom is -0.159 e. The van der Waals surface area contributed by atoms with Crippen LogP contribution in [0.3, 0.4) is 0 Å². The summed E-state index contributed by atoms with van der Waals surface area (Å²) in [6.45, 7) is -12.4. The first-order chi connectivity index (χ1) is 43.4. The second-order valence-corrected chi connectivity index (χ2v) is 51.7. The van der Waals surface area contributed by atoms with Gasteiger partial charge in [0.15, 0.2) is 16.8 Å². The third-order valence-electron chi connectivity index (χ3n) is 17.2. The molecule has 3 atom stereocenters. The molecule has 2 heterocycles. The largest absolute Gasteiger partial charge is 0.262 e. The van der Waals surface area contributed by atoms with Gasteiger partial charge in [0.25, 0.3) is 6.45 Å². The average Bonchev–Trinajstić information content (AvgIpc) is 1.45. The molecule has 13 aromatic rings. The van der Waals surface area contributed by atoms with Crippen LogP contribution in [-0.4, -0.2) is 23.5 Å². The second-order valence-electron chi connectivity index (χ2n) is 22.0. The molecule has 0 N–H and O–H groups in total. The number of benzene rings is 12. The quantitative estimate of drug-likeness (QED) is 0.0981. The Bertz CT molecular complexity index is 4410. The van der Waals surface area contributed by atoms with Gasteiger partial charge in [0.05, 0.1) is 8.81 Å². The highest BCUT2D eigenvalue weighted by molar-refractivity contribution is 8.64. The van der Waals surface area contributed by atoms with Gasteiger partial charge in [-0.1, -0.05) is 328 Å². The lowest BCUT2D eigenvalue weighted by Crippen LogP contribution is -2.38. The van der Waals surface area contributed by atoms with E-state index in [1.807, 2.05) is 0 Å². The summed E-state index contributed by atoms with van der Waals surface area (Å²) in [5.41, 5.74) is 0. The molecule has 0 radical (unpaired) electrons. The molecule has 3 unspecified atom stereocenters. The van der Waals surface area contributed by atoms with Crippen LogP contribution >= 0.6 is 68.6 Å². The lowest BCUT2D eigenvalue weighted by molar-refractivity contribution is 0.692. The van der Waals surface area contributed by atoms with E-state index in [9.17, 15) is 11.2 Å². The van der Waals surface area contributed by atoms with Gasteiger partial charge in [-0.05, 0) is 106 Å². The van der Waals surface area contributed by atoms with E-state index in [4.69, 9.17) is 0 Å². The number of halogens is 1. The van der Waals surface area contributed by atoms with Crippen molar-refractivity contribution in [3.8, 4) is 0 Å². The molecular formula is C78H66ClNP8+2. The highest BCUT2D eigenvalue weighted by Gasteiger charge is 2.66. The van der Waals surface area contributed by atoms with Gasteiger partial charge >= 0.3 is 0 Å². The summed E-state index contributed by atoms with van der Waals surface area (Å²) in [5, 5.41) is 16.2. The number of nitrogens with zero attached hydrogens (tertiary/aromatic N) is 1. The Morgan fingerprint density at radius 1 is 0.307 bits per heavy atom. The zero-order chi connectivity index (χ0) is 59.6. The van der Waals surface area contributed by atoms with Gasteiger partial charge in [0.2, 0.25) is 0 Å². The van der Waals surface area contributed by atoms with Gasteiger partial charge in [0.1, 0.15) is 34.4 Å². The molecule has 428 valence electrons. The fourth-order valence-electron chi connectivity index (χ4n) is 13.5. The van der Waals surface area contributed by atoms with Crippen molar-refractivity contribution in [1.29, 1.82) is 0 Å². The molecular weight excluding hydrogens is 1230 g/mol. The minimum atomic E-state index is -3.30. The molecule has 0 fully saturated rings. The normalized spacial score (nSPS) is 14.7. The zero-order valence-corrected chi connectivity index (χ0v) is 57.0. The van der Waals surface area contributed by atoms with Crippen molar-refractivity contribution in [1.82, 2.24) is 4.67 Å². The number of hydrogen-bond acceptors (Lipinski definition) is 1. The monoisotopic (exact) mass is 1300 g/mol. The first-order valence-electron chi connectivity index (χ1n) is 29.8. The molecule has 0 amide bonds. The standard InChI is InChI=1S/C78H66ClNP8/c1-80(2)88(79)78(87(72-57-33-12-34-58-72,73-59-35-13-36-60-73)74-61-37-14-38-62-74)82-75(84(63-39-15-3-16-40-63,64-41-17-4-18-42-64)65-43-19-5-20-44-65)81-76(85(66-45-21-6-22-46-66,67-47-23-7-24-48-67)68-49-25-8-26-50-68)83(88)77(82)86(69-51-27-9-28-52-69,70-53-29-10-30-54-70)71-55-31-11-32-56-71/h3-62H,1-2H3/q+2. The molecule has 10 heteroatoms. The second kappa shape index (κ2) is 25.4. The van der Waals surface area contributed by atoms with Gasteiger partial charge in [-0.15, -0.1) is 0 Å². The maximum absolute atomic E-state index is 10.3. The van der Waals surface area contributed by atoms with Crippen LogP contribution in [-0.2, 0) is 0 Å². The molecule has 0 aliphatic carbocycles. The summed E-state index contributed by atoms with van der Waals surface area (Å²) >= 11 is 10.3. The molecule has 88 heavy (non-hydrogen) atoms. The van der Waals surface area contributed by atoms with E-state index in [1.165, 1.54) is 71.8 Å². The third-order valence-corrected chi connectivity index (χ3v) is 63.8. The van der Waals surface area contributed by atoms with Crippen molar-refractivity contribution in [3.05, 3.63) is 373 Å². The average molecular weight is 1300 g/mol. The number of fused-ring (bicyclic) bond motifs is 2. The van der Waals surface area contributed by atoms with Crippen LogP contribution in [0.2, 0.25) is 0 Å². The van der Waals surface area contributed by atoms with Gasteiger partial charge < -0.3 is 0 Å². The van der Waals surface area contributed by atoms with E-state index >= 15 is 0 Å². The highest BCUT2D eigenvalue weighted by atomic mass is 35.7. The summed E-state index contributed by atoms with van der Waals surface area (Å²) in [5.74, 6) is 0. The van der Waals surface area contributed by atoms with E-state index in [0.717, 1.165) is 0 Å². The van der Waals surface area contributed by atoms with Crippen LogP contribution in [0.25, 0.3) is 0 Å². The topological polar surface area (TPSA) is 3.24 Å². The Labute approximate surface area is 529 Å². The van der Waals surface area contributed by atoms with Crippen LogP contribution in [0.4, 0.5) is 0 Å². The number of rotatable bonds is 14. The van der Waals surface area contributed by atoms with Crippen LogP contribution in [0.15, 0.2) is 364 Å². The Morgan fingerprint density at radius 3 is 0.761 bits per heavy atom. The maximum Gasteiger partial charge on any atom is 0.262 e. The summed E-state index contributed by atoms with van der Waals surface area (Å²) in [6.07, 6.45) is 0. The lowest BCUT2D eigenvalue weighted by atomic mass is 10.4. The summed E-state index contributed by atoms with van der Waals surface area (Å²) in [7, 11) is -0.115. The Kier molecular flexibility index (Phi) is 17.0. The molecule has 2 bridgehead atoms. The summed E-state index contributed by atoms with van der Waals surface area (Å²) in [6, 6.07) is 142. The van der Waals surface area contributed by atoms with E-state index in [0.29, 0.717) is 0 Å². The predicted octanol–water partition coefficient (Wildman–Crippen LogP) is 17.3. The smallest absolute Gasteiger partial charge is 0.159 e. The zero-order valence-electron chi connectivity index (χ0n) is 49.0. The third kappa shape index (κ3) is 9.44. The molecule has 1 nitrogen and oxygen atoms in total. The van der Waals surface area contributed by atoms with E-state index in [1.54, 1.807) is 18.3 Å². The summed E-state index contributed by atoms with van der Waals surface area (Å²) in [4.78, 5) is 0. The molecule has 0 spiro atoms. The van der Waals surface area contributed by atoms with Crippen molar-refractivity contribution in [2.45, 2.75) is 0 Å². The molecule has 1 aliphatic rings. The maximum atomic E-state index is 10.3. The van der Waals surface area contributed by atoms with Crippen molar-refractivity contribution in [2.75, 3.05) is 14.1 Å². The van der Waals surface area contributed by atoms with Gasteiger partial charge in [-0.2, -0.15) is 4.67 Å². The van der Waals surface area contributed by atoms with Crippen LogP contribution < -0.4 is 68.4 Å². The van der Waals surface area contributed by atoms with Crippen molar-refractivity contribution >= 4 is 142 Å². The van der Waals surface area contributed by atoms with Crippen LogP contribution in [0, 0.1) is 8.81 Å². The minimum absolute atomic E-state index is 1.26. The molecule has 1 aliphatic heterocycles. The fourth-order valence-corrected chi connectivity index (χ4v) is 80.7. The molecule has 0 saturated carbocycles. The summed E-state index contributed by atoms with van der Waals surface area (Å²) < 4.78 is 9.06. The van der Waals surface area contributed by atoms with Crippen LogP contribution in [0.1, 0.15) is 0 Å². The van der Waals surface area contributed by atoms with Gasteiger partial charge in [-0.3, -0.25) is 0 Å². The van der Waals surface area contributed by atoms with Crippen molar-refractivity contribution < 1.29 is 0 Å². The van der Waals surface area contributed by atoms with E-state index < -0.39 is 49.1 Å². The molecule has 0 saturated heterocycles. The Morgan fingerprint density at radius 2 is 0.523 bits per heavy atom. The SMILES string of the molecule is CN(C)[P+]1(Cl)C(=P(c2ccccc2)(c2ccccc2)c2ccccc2)p2c([P+](c3ccccc3)(c3ccccc3)c3ccccc3)pc(=P(c3ccccc3)(c3ccccc3)c3ccccc3)p1c2=P(c1ccccc1)(c1ccccc1)c1ccccc1. The first-order valence-corrected chi connectivity index (χ1v) is 43.8.